The number of aliphatic hydroxyl groups is 1. The fourth-order valence-corrected chi connectivity index (χ4v) is 4.59. The molecule has 2 aliphatic heterocycles. The first-order chi connectivity index (χ1) is 19.6. The van der Waals surface area contributed by atoms with Crippen LogP contribution < -0.4 is 5.32 Å². The third-order valence-corrected chi connectivity index (χ3v) is 6.75. The number of hydrogen-bond acceptors (Lipinski definition) is 10. The summed E-state index contributed by atoms with van der Waals surface area (Å²) >= 11 is 0. The molecule has 0 radical (unpaired) electrons. The zero-order valence-electron chi connectivity index (χ0n) is 22.7. The van der Waals surface area contributed by atoms with Gasteiger partial charge in [0.05, 0.1) is 23.3 Å². The predicted molar refractivity (Wildman–Crippen MR) is 145 cm³/mol. The first-order valence-corrected chi connectivity index (χ1v) is 13.2. The number of Topliss-reactive ketones (excluding diaryl/α,β-unsaturated/α-hetero) is 1. The zero-order valence-corrected chi connectivity index (χ0v) is 22.7. The molecule has 3 heterocycles. The number of fused-ring (bicyclic) bond motifs is 4. The first kappa shape index (κ1) is 29.4. The first-order valence-electron chi connectivity index (χ1n) is 13.2. The molecule has 0 aliphatic carbocycles. The molecule has 1 aromatic carbocycles. The Morgan fingerprint density at radius 2 is 1.88 bits per heavy atom. The molecule has 3 unspecified atom stereocenters. The summed E-state index contributed by atoms with van der Waals surface area (Å²) in [6.07, 6.45) is -0.0312. The van der Waals surface area contributed by atoms with E-state index in [1.165, 1.54) is 6.92 Å². The van der Waals surface area contributed by atoms with Gasteiger partial charge < -0.3 is 34.7 Å². The summed E-state index contributed by atoms with van der Waals surface area (Å²) in [6, 6.07) is 8.21. The van der Waals surface area contributed by atoms with Crippen LogP contribution in [-0.2, 0) is 40.0 Å². The quantitative estimate of drug-likeness (QED) is 0.321. The number of para-hydroxylation sites is 1. The minimum absolute atomic E-state index is 0.0228. The molecule has 0 spiro atoms. The summed E-state index contributed by atoms with van der Waals surface area (Å²) < 4.78 is 10.5. The molecule has 0 saturated carbocycles. The van der Waals surface area contributed by atoms with Crippen molar-refractivity contribution in [2.45, 2.75) is 64.4 Å². The Morgan fingerprint density at radius 3 is 2.59 bits per heavy atom. The number of carbonyl (C=O) groups is 5. The van der Waals surface area contributed by atoms with Crippen molar-refractivity contribution in [2.75, 3.05) is 6.61 Å². The fourth-order valence-electron chi connectivity index (χ4n) is 4.59. The van der Waals surface area contributed by atoms with Crippen molar-refractivity contribution in [1.82, 2.24) is 15.2 Å². The second-order valence-electron chi connectivity index (χ2n) is 9.85. The van der Waals surface area contributed by atoms with Crippen LogP contribution in [0, 0.1) is 0 Å². The van der Waals surface area contributed by atoms with Crippen molar-refractivity contribution in [3.63, 3.8) is 0 Å². The number of carboxylic acids is 1. The number of pyridine rings is 1. The third kappa shape index (κ3) is 6.95. The normalized spacial score (nSPS) is 17.0. The van der Waals surface area contributed by atoms with Crippen molar-refractivity contribution < 1.29 is 43.7 Å². The van der Waals surface area contributed by atoms with Gasteiger partial charge in [-0.25, -0.2) is 14.6 Å². The van der Waals surface area contributed by atoms with Gasteiger partial charge in [-0.15, -0.1) is 0 Å². The van der Waals surface area contributed by atoms with Crippen LogP contribution in [0.25, 0.3) is 16.6 Å². The molecule has 2 aromatic rings. The van der Waals surface area contributed by atoms with Gasteiger partial charge in [0.2, 0.25) is 5.91 Å². The van der Waals surface area contributed by atoms with Crippen LogP contribution in [0.3, 0.4) is 0 Å². The van der Waals surface area contributed by atoms with Gasteiger partial charge in [-0.1, -0.05) is 31.2 Å². The molecule has 0 bridgehead atoms. The number of aromatic nitrogens is 1. The largest absolute Gasteiger partial charge is 0.481 e. The topological polar surface area (TPSA) is 172 Å². The van der Waals surface area contributed by atoms with Gasteiger partial charge in [-0.3, -0.25) is 9.59 Å². The number of aliphatic carboxylic acids is 1. The maximum atomic E-state index is 12.8. The lowest BCUT2D eigenvalue weighted by Gasteiger charge is -2.31. The Kier molecular flexibility index (Phi) is 9.13. The Labute approximate surface area is 235 Å². The van der Waals surface area contributed by atoms with E-state index < -0.39 is 48.6 Å². The zero-order chi connectivity index (χ0) is 29.7. The van der Waals surface area contributed by atoms with Gasteiger partial charge in [-0.2, -0.15) is 0 Å². The summed E-state index contributed by atoms with van der Waals surface area (Å²) in [4.78, 5) is 66.3. The number of carbonyl (C=O) groups excluding carboxylic acids is 4. The average molecular weight is 566 g/mol. The SMILES string of the molecule is CCC(OC(=O)C(CC(=O)O)NC(=O)CCC(C)=O)C(=O)OCC1=CC=C2c3nc4ccccc4cc3CN2C1O. The van der Waals surface area contributed by atoms with Crippen LogP contribution in [0.15, 0.2) is 48.1 Å². The lowest BCUT2D eigenvalue weighted by Crippen LogP contribution is -2.45. The van der Waals surface area contributed by atoms with Gasteiger partial charge in [0.15, 0.2) is 12.3 Å². The molecule has 216 valence electrons. The van der Waals surface area contributed by atoms with E-state index in [0.717, 1.165) is 27.9 Å². The second-order valence-corrected chi connectivity index (χ2v) is 9.85. The number of nitrogens with zero attached hydrogens (tertiary/aromatic N) is 2. The highest BCUT2D eigenvalue weighted by molar-refractivity contribution is 5.90. The maximum Gasteiger partial charge on any atom is 0.347 e. The summed E-state index contributed by atoms with van der Waals surface area (Å²) in [5.74, 6) is -4.31. The van der Waals surface area contributed by atoms with Crippen LogP contribution in [0.1, 0.15) is 50.8 Å². The number of nitrogens with one attached hydrogen (secondary N) is 1. The number of aliphatic hydroxyl groups excluding tert-OH is 1. The van der Waals surface area contributed by atoms with Crippen molar-refractivity contribution in [3.05, 3.63) is 59.3 Å². The summed E-state index contributed by atoms with van der Waals surface area (Å²) in [5, 5.41) is 23.4. The van der Waals surface area contributed by atoms with Crippen molar-refractivity contribution >= 4 is 46.2 Å². The highest BCUT2D eigenvalue weighted by Crippen LogP contribution is 2.38. The molecule has 12 heteroatoms. The Hall–Kier alpha value is -4.58. The van der Waals surface area contributed by atoms with E-state index in [0.29, 0.717) is 12.1 Å². The Morgan fingerprint density at radius 1 is 1.12 bits per heavy atom. The molecule has 3 atom stereocenters. The van der Waals surface area contributed by atoms with Gasteiger partial charge >= 0.3 is 17.9 Å². The lowest BCUT2D eigenvalue weighted by molar-refractivity contribution is -0.170. The number of ether oxygens (including phenoxy) is 2. The average Bonchev–Trinajstić information content (AvgIpc) is 3.30. The molecule has 1 aromatic heterocycles. The highest BCUT2D eigenvalue weighted by atomic mass is 16.6. The number of allylic oxidation sites excluding steroid dienone is 2. The number of carboxylic acid groups (broad SMARTS) is 1. The molecule has 41 heavy (non-hydrogen) atoms. The molecular weight excluding hydrogens is 534 g/mol. The predicted octanol–water partition coefficient (Wildman–Crippen LogP) is 1.84. The highest BCUT2D eigenvalue weighted by Gasteiger charge is 2.35. The monoisotopic (exact) mass is 565 g/mol. The fraction of sp³-hybridized carbons (Fsp3) is 0.379. The summed E-state index contributed by atoms with van der Waals surface area (Å²) in [6.45, 7) is 3.01. The minimum Gasteiger partial charge on any atom is -0.481 e. The minimum atomic E-state index is -1.55. The van der Waals surface area contributed by atoms with Crippen LogP contribution in [0.2, 0.25) is 0 Å². The molecule has 2 aliphatic rings. The van der Waals surface area contributed by atoms with Crippen LogP contribution in [-0.4, -0.2) is 74.7 Å². The standard InChI is InChI=1S/C29H31N3O9/c1-3-23(41-28(38)21(13-25(35)36)30-24(34)11-8-16(2)33)29(39)40-15-18-9-10-22-26-19(14-32(22)27(18)37)12-17-6-4-5-7-20(17)31-26/h4-7,9-10,12,21,23,27,37H,3,8,11,13-15H2,1-2H3,(H,30,34)(H,35,36). The van der Waals surface area contributed by atoms with Crippen molar-refractivity contribution in [1.29, 1.82) is 0 Å². The van der Waals surface area contributed by atoms with E-state index in [4.69, 9.17) is 19.6 Å². The van der Waals surface area contributed by atoms with Gasteiger partial charge in [0.25, 0.3) is 0 Å². The Bertz CT molecular complexity index is 1450. The molecule has 3 N–H and O–H groups in total. The van der Waals surface area contributed by atoms with E-state index in [9.17, 15) is 29.1 Å². The van der Waals surface area contributed by atoms with Gasteiger partial charge in [0.1, 0.15) is 18.4 Å². The molecule has 4 rings (SSSR count). The van der Waals surface area contributed by atoms with E-state index in [1.807, 2.05) is 30.3 Å². The van der Waals surface area contributed by atoms with E-state index in [-0.39, 0.29) is 31.7 Å². The lowest BCUT2D eigenvalue weighted by atomic mass is 10.1. The maximum absolute atomic E-state index is 12.8. The van der Waals surface area contributed by atoms with Crippen LogP contribution in [0.5, 0.6) is 0 Å². The number of benzene rings is 1. The molecule has 12 nitrogen and oxygen atoms in total. The van der Waals surface area contributed by atoms with Gasteiger partial charge in [0, 0.05) is 30.3 Å². The molecule has 1 amide bonds. The third-order valence-electron chi connectivity index (χ3n) is 6.75. The van der Waals surface area contributed by atoms with E-state index in [1.54, 1.807) is 24.0 Å². The number of amides is 1. The number of esters is 2. The summed E-state index contributed by atoms with van der Waals surface area (Å²) in [5.41, 5.74) is 3.74. The van der Waals surface area contributed by atoms with E-state index >= 15 is 0 Å². The number of hydrogen-bond donors (Lipinski definition) is 3. The van der Waals surface area contributed by atoms with Crippen molar-refractivity contribution in [3.8, 4) is 0 Å². The Balaban J connectivity index is 1.37. The number of rotatable bonds is 12. The van der Waals surface area contributed by atoms with Gasteiger partial charge in [-0.05, 0) is 37.1 Å². The molecular formula is C29H31N3O9. The van der Waals surface area contributed by atoms with Crippen LogP contribution >= 0.6 is 0 Å². The number of ketones is 1. The second kappa shape index (κ2) is 12.7. The van der Waals surface area contributed by atoms with Crippen LogP contribution in [0.4, 0.5) is 0 Å². The molecule has 0 fully saturated rings. The summed E-state index contributed by atoms with van der Waals surface area (Å²) in [7, 11) is 0. The molecule has 0 saturated heterocycles. The van der Waals surface area contributed by atoms with Crippen molar-refractivity contribution in [2.24, 2.45) is 0 Å². The smallest absolute Gasteiger partial charge is 0.347 e. The van der Waals surface area contributed by atoms with E-state index in [2.05, 4.69) is 5.32 Å².